The van der Waals surface area contributed by atoms with Crippen LogP contribution in [0.1, 0.15) is 23.2 Å². The summed E-state index contributed by atoms with van der Waals surface area (Å²) in [4.78, 5) is 14.2. The van der Waals surface area contributed by atoms with Gasteiger partial charge in [0.2, 0.25) is 0 Å². The van der Waals surface area contributed by atoms with E-state index < -0.39 is 8.07 Å². The van der Waals surface area contributed by atoms with E-state index in [-0.39, 0.29) is 5.78 Å². The van der Waals surface area contributed by atoms with Crippen molar-refractivity contribution in [3.05, 3.63) is 66.2 Å². The molecule has 0 aliphatic rings. The Bertz CT molecular complexity index is 590. The Balaban J connectivity index is 2.00. The highest BCUT2D eigenvalue weighted by atomic mass is 32.2. The third kappa shape index (κ3) is 5.15. The molecule has 0 N–H and O–H groups in total. The van der Waals surface area contributed by atoms with Crippen molar-refractivity contribution in [2.24, 2.45) is 0 Å². The third-order valence-corrected chi connectivity index (χ3v) is 9.48. The van der Waals surface area contributed by atoms with Crippen molar-refractivity contribution in [2.75, 3.05) is 0 Å². The van der Waals surface area contributed by atoms with Crippen LogP contribution in [-0.4, -0.2) is 18.7 Å². The van der Waals surface area contributed by atoms with Gasteiger partial charge >= 0.3 is 0 Å². The Morgan fingerprint density at radius 1 is 0.955 bits per heavy atom. The van der Waals surface area contributed by atoms with Gasteiger partial charge in [0.1, 0.15) is 0 Å². The first-order valence-electron chi connectivity index (χ1n) is 7.77. The minimum atomic E-state index is -1.33. The Hall–Kier alpha value is -1.32. The summed E-state index contributed by atoms with van der Waals surface area (Å²) in [5.74, 6) is 0.262. The van der Waals surface area contributed by atoms with E-state index in [9.17, 15) is 4.79 Å². The number of thioether (sulfide) groups is 1. The van der Waals surface area contributed by atoms with Gasteiger partial charge in [-0.25, -0.2) is 0 Å². The highest BCUT2D eigenvalue weighted by molar-refractivity contribution is 8.01. The zero-order valence-electron chi connectivity index (χ0n) is 13.6. The van der Waals surface area contributed by atoms with Crippen molar-refractivity contribution in [1.82, 2.24) is 0 Å². The second-order valence-electron chi connectivity index (χ2n) is 6.61. The fourth-order valence-corrected chi connectivity index (χ4v) is 6.07. The van der Waals surface area contributed by atoms with E-state index in [0.717, 1.165) is 12.0 Å². The van der Waals surface area contributed by atoms with Crippen LogP contribution in [0.25, 0.3) is 0 Å². The zero-order chi connectivity index (χ0) is 16.0. The maximum atomic E-state index is 12.3. The van der Waals surface area contributed by atoms with Crippen molar-refractivity contribution in [1.29, 1.82) is 0 Å². The van der Waals surface area contributed by atoms with Crippen molar-refractivity contribution >= 4 is 25.6 Å². The smallest absolute Gasteiger partial charge is 0.162 e. The first-order valence-corrected chi connectivity index (χ1v) is 12.2. The molecule has 0 spiro atoms. The molecule has 0 saturated carbocycles. The Morgan fingerprint density at radius 2 is 1.50 bits per heavy atom. The molecule has 2 aromatic carbocycles. The first kappa shape index (κ1) is 17.0. The fourth-order valence-electron chi connectivity index (χ4n) is 2.36. The molecule has 2 aromatic rings. The van der Waals surface area contributed by atoms with Crippen LogP contribution in [0, 0.1) is 0 Å². The summed E-state index contributed by atoms with van der Waals surface area (Å²) < 4.78 is 0. The molecular formula is C19H24OSSi. The summed E-state index contributed by atoms with van der Waals surface area (Å²) in [7, 11) is -1.33. The van der Waals surface area contributed by atoms with E-state index >= 15 is 0 Å². The maximum Gasteiger partial charge on any atom is 0.162 e. The van der Waals surface area contributed by atoms with E-state index in [1.807, 2.05) is 48.2 Å². The van der Waals surface area contributed by atoms with Crippen LogP contribution in [0.3, 0.4) is 0 Å². The average Bonchev–Trinajstić information content (AvgIpc) is 2.52. The van der Waals surface area contributed by atoms with Gasteiger partial charge in [-0.3, -0.25) is 4.79 Å². The molecule has 0 aliphatic carbocycles. The van der Waals surface area contributed by atoms with Gasteiger partial charge in [-0.1, -0.05) is 68.2 Å². The lowest BCUT2D eigenvalue weighted by Crippen LogP contribution is -2.36. The fraction of sp³-hybridized carbons (Fsp3) is 0.316. The second kappa shape index (κ2) is 7.79. The molecule has 0 bridgehead atoms. The minimum absolute atomic E-state index is 0.262. The lowest BCUT2D eigenvalue weighted by molar-refractivity contribution is 0.0981. The molecule has 0 heterocycles. The Kier molecular flexibility index (Phi) is 6.04. The molecule has 1 atom stereocenters. The van der Waals surface area contributed by atoms with Crippen LogP contribution in [-0.2, 0) is 0 Å². The molecule has 2 rings (SSSR count). The molecule has 3 heteroatoms. The lowest BCUT2D eigenvalue weighted by atomic mass is 10.1. The monoisotopic (exact) mass is 328 g/mol. The van der Waals surface area contributed by atoms with Crippen LogP contribution in [0.5, 0.6) is 0 Å². The van der Waals surface area contributed by atoms with Gasteiger partial charge in [0, 0.05) is 21.8 Å². The van der Waals surface area contributed by atoms with E-state index in [1.165, 1.54) is 4.90 Å². The second-order valence-corrected chi connectivity index (χ2v) is 13.7. The normalized spacial score (nSPS) is 12.9. The van der Waals surface area contributed by atoms with Crippen molar-refractivity contribution in [2.45, 2.75) is 42.3 Å². The van der Waals surface area contributed by atoms with Crippen molar-refractivity contribution < 1.29 is 4.79 Å². The van der Waals surface area contributed by atoms with E-state index in [1.54, 1.807) is 0 Å². The molecule has 0 saturated heterocycles. The minimum Gasteiger partial charge on any atom is -0.294 e. The maximum absolute atomic E-state index is 12.3. The Morgan fingerprint density at radius 3 is 2.05 bits per heavy atom. The first-order chi connectivity index (χ1) is 10.5. The summed E-state index contributed by atoms with van der Waals surface area (Å²) in [5, 5.41) is 0. The number of benzene rings is 2. The molecule has 116 valence electrons. The number of hydrogen-bond donors (Lipinski definition) is 0. The van der Waals surface area contributed by atoms with E-state index in [0.29, 0.717) is 11.3 Å². The number of rotatable bonds is 7. The summed E-state index contributed by atoms with van der Waals surface area (Å²) in [6, 6.07) is 20.2. The number of Topliss-reactive ketones (excluding diaryl/α,β-unsaturated/α-hetero) is 1. The van der Waals surface area contributed by atoms with Crippen LogP contribution >= 0.6 is 11.8 Å². The van der Waals surface area contributed by atoms with Gasteiger partial charge in [-0.05, 0) is 18.6 Å². The zero-order valence-corrected chi connectivity index (χ0v) is 15.4. The van der Waals surface area contributed by atoms with Crippen LogP contribution in [0.2, 0.25) is 19.6 Å². The number of carbonyl (C=O) groups excluding carboxylic acids is 1. The third-order valence-electron chi connectivity index (χ3n) is 3.72. The van der Waals surface area contributed by atoms with Gasteiger partial charge in [0.25, 0.3) is 0 Å². The van der Waals surface area contributed by atoms with Gasteiger partial charge < -0.3 is 0 Å². The largest absolute Gasteiger partial charge is 0.294 e. The molecule has 0 radical (unpaired) electrons. The van der Waals surface area contributed by atoms with Crippen LogP contribution in [0.4, 0.5) is 0 Å². The molecule has 0 amide bonds. The lowest BCUT2D eigenvalue weighted by Gasteiger charge is -2.28. The average molecular weight is 329 g/mol. The molecule has 0 aromatic heterocycles. The summed E-state index contributed by atoms with van der Waals surface area (Å²) in [6.45, 7) is 7.17. The predicted octanol–water partition coefficient (Wildman–Crippen LogP) is 5.69. The summed E-state index contributed by atoms with van der Waals surface area (Å²) >= 11 is 1.94. The summed E-state index contributed by atoms with van der Waals surface area (Å²) in [5.41, 5.74) is 0.835. The van der Waals surface area contributed by atoms with Gasteiger partial charge in [-0.2, -0.15) is 0 Å². The number of hydrogen-bond acceptors (Lipinski definition) is 2. The topological polar surface area (TPSA) is 17.1 Å². The van der Waals surface area contributed by atoms with Gasteiger partial charge in [-0.15, -0.1) is 11.8 Å². The standard InChI is InChI=1S/C19H24OSSi/c1-22(2,3)19(21-17-12-8-5-9-13-17)15-14-18(20)16-10-6-4-7-11-16/h4-13,19H,14-15H2,1-3H3. The van der Waals surface area contributed by atoms with E-state index in [4.69, 9.17) is 0 Å². The predicted molar refractivity (Wildman–Crippen MR) is 99.4 cm³/mol. The summed E-state index contributed by atoms with van der Waals surface area (Å²) in [6.07, 6.45) is 1.60. The highest BCUT2D eigenvalue weighted by Gasteiger charge is 2.28. The Labute approximate surface area is 139 Å². The quantitative estimate of drug-likeness (QED) is 0.369. The highest BCUT2D eigenvalue weighted by Crippen LogP contribution is 2.32. The van der Waals surface area contributed by atoms with Crippen molar-refractivity contribution in [3.63, 3.8) is 0 Å². The van der Waals surface area contributed by atoms with Gasteiger partial charge in [0.05, 0.1) is 8.07 Å². The molecule has 0 aliphatic heterocycles. The van der Waals surface area contributed by atoms with Crippen LogP contribution < -0.4 is 0 Å². The number of carbonyl (C=O) groups is 1. The molecule has 1 unspecified atom stereocenters. The molecule has 22 heavy (non-hydrogen) atoms. The van der Waals surface area contributed by atoms with Crippen LogP contribution in [0.15, 0.2) is 65.6 Å². The SMILES string of the molecule is C[Si](C)(C)C(CCC(=O)c1ccccc1)Sc1ccccc1. The molecule has 0 fully saturated rings. The molecule has 1 nitrogen and oxygen atoms in total. The number of ketones is 1. The van der Waals surface area contributed by atoms with Gasteiger partial charge in [0.15, 0.2) is 5.78 Å². The van der Waals surface area contributed by atoms with E-state index in [2.05, 4.69) is 43.9 Å². The van der Waals surface area contributed by atoms with Crippen molar-refractivity contribution in [3.8, 4) is 0 Å². The molecular weight excluding hydrogens is 304 g/mol.